The van der Waals surface area contributed by atoms with E-state index < -0.39 is 47.2 Å². The number of rotatable bonds is 10. The number of likely N-dealkylation sites (tertiary alicyclic amines) is 1. The fourth-order valence-electron chi connectivity index (χ4n) is 5.90. The van der Waals surface area contributed by atoms with E-state index in [-0.39, 0.29) is 41.0 Å². The van der Waals surface area contributed by atoms with Gasteiger partial charge in [-0.05, 0) is 47.8 Å². The van der Waals surface area contributed by atoms with E-state index >= 15 is 0 Å². The molecule has 1 heterocycles. The Hall–Kier alpha value is -2.65. The van der Waals surface area contributed by atoms with E-state index in [9.17, 15) is 24.0 Å². The maximum absolute atomic E-state index is 14.0. The number of carbonyl (C=O) groups is 5. The molecule has 214 valence electrons. The number of nitrogens with one attached hydrogen (secondary N) is 3. The van der Waals surface area contributed by atoms with E-state index in [2.05, 4.69) is 29.8 Å². The minimum atomic E-state index is -1.07. The summed E-state index contributed by atoms with van der Waals surface area (Å²) in [6.07, 6.45) is 3.32. The average molecular weight is 534 g/mol. The summed E-state index contributed by atoms with van der Waals surface area (Å²) in [6.45, 7) is 16.1. The van der Waals surface area contributed by atoms with E-state index in [1.807, 2.05) is 41.5 Å². The number of ketones is 1. The summed E-state index contributed by atoms with van der Waals surface area (Å²) in [4.78, 5) is 66.3. The molecule has 0 aromatic carbocycles. The van der Waals surface area contributed by atoms with Gasteiger partial charge in [0, 0.05) is 12.6 Å². The first-order valence-corrected chi connectivity index (χ1v) is 14.0. The molecule has 3 aliphatic rings. The van der Waals surface area contributed by atoms with Gasteiger partial charge in [0.2, 0.25) is 17.6 Å². The molecule has 3 fully saturated rings. The van der Waals surface area contributed by atoms with Gasteiger partial charge in [0.15, 0.2) is 0 Å². The zero-order chi connectivity index (χ0) is 28.7. The molecule has 2 unspecified atom stereocenters. The second-order valence-corrected chi connectivity index (χ2v) is 13.7. The van der Waals surface area contributed by atoms with Gasteiger partial charge in [-0.1, -0.05) is 67.7 Å². The van der Waals surface area contributed by atoms with Crippen LogP contribution >= 0.6 is 0 Å². The predicted molar refractivity (Wildman–Crippen MR) is 144 cm³/mol. The Morgan fingerprint density at radius 2 is 1.61 bits per heavy atom. The van der Waals surface area contributed by atoms with Crippen molar-refractivity contribution in [3.05, 3.63) is 0 Å². The van der Waals surface area contributed by atoms with Gasteiger partial charge in [-0.15, -0.1) is 0 Å². The maximum Gasteiger partial charge on any atom is 0.315 e. The second kappa shape index (κ2) is 10.8. The Morgan fingerprint density at radius 1 is 1.00 bits per heavy atom. The summed E-state index contributed by atoms with van der Waals surface area (Å²) in [6, 6.07) is -3.17. The molecule has 6 atom stereocenters. The van der Waals surface area contributed by atoms with Gasteiger partial charge in [-0.2, -0.15) is 0 Å². The SMILES string of the molecule is CC(C)C(C)NC(=O)N[C@H](C(=O)N1C[C@@H]2[C@H]([C@H]1C(=O)NC(CC1CCC1)C(=O)C(N)=O)C2(C)C)C(C)(C)C. The van der Waals surface area contributed by atoms with E-state index in [1.165, 1.54) is 0 Å². The van der Waals surface area contributed by atoms with Gasteiger partial charge in [0.25, 0.3) is 5.91 Å². The summed E-state index contributed by atoms with van der Waals surface area (Å²) in [5.41, 5.74) is 4.54. The number of nitrogens with two attached hydrogens (primary N) is 1. The summed E-state index contributed by atoms with van der Waals surface area (Å²) in [5, 5.41) is 8.54. The van der Waals surface area contributed by atoms with E-state index in [0.717, 1.165) is 19.3 Å². The third-order valence-electron chi connectivity index (χ3n) is 9.18. The number of hydrogen-bond donors (Lipinski definition) is 4. The highest BCUT2D eigenvalue weighted by Crippen LogP contribution is 2.65. The Balaban J connectivity index is 1.82. The minimum Gasteiger partial charge on any atom is -0.363 e. The molecule has 1 saturated heterocycles. The molecule has 10 nitrogen and oxygen atoms in total. The van der Waals surface area contributed by atoms with Gasteiger partial charge >= 0.3 is 6.03 Å². The molecule has 5 amide bonds. The molecule has 5 N–H and O–H groups in total. The maximum atomic E-state index is 14.0. The molecule has 2 saturated carbocycles. The summed E-state index contributed by atoms with van der Waals surface area (Å²) < 4.78 is 0. The Morgan fingerprint density at radius 3 is 2.08 bits per heavy atom. The largest absolute Gasteiger partial charge is 0.363 e. The van der Waals surface area contributed by atoms with Gasteiger partial charge < -0.3 is 26.6 Å². The fraction of sp³-hybridized carbons (Fsp3) is 0.821. The third kappa shape index (κ3) is 6.15. The molecule has 2 aliphatic carbocycles. The van der Waals surface area contributed by atoms with Crippen LogP contribution in [-0.2, 0) is 19.2 Å². The highest BCUT2D eigenvalue weighted by molar-refractivity contribution is 6.37. The van der Waals surface area contributed by atoms with Crippen LogP contribution < -0.4 is 21.7 Å². The lowest BCUT2D eigenvalue weighted by atomic mass is 9.80. The topological polar surface area (TPSA) is 151 Å². The van der Waals surface area contributed by atoms with Crippen molar-refractivity contribution in [2.45, 2.75) is 105 Å². The molecule has 0 bridgehead atoms. The minimum absolute atomic E-state index is 0.0742. The van der Waals surface area contributed by atoms with Crippen molar-refractivity contribution in [3.63, 3.8) is 0 Å². The average Bonchev–Trinajstić information content (AvgIpc) is 3.10. The van der Waals surface area contributed by atoms with Crippen LogP contribution in [-0.4, -0.2) is 65.1 Å². The van der Waals surface area contributed by atoms with E-state index in [4.69, 9.17) is 5.73 Å². The van der Waals surface area contributed by atoms with Crippen LogP contribution in [0.3, 0.4) is 0 Å². The number of primary amides is 1. The lowest BCUT2D eigenvalue weighted by Gasteiger charge is -2.38. The number of carbonyl (C=O) groups excluding carboxylic acids is 5. The van der Waals surface area contributed by atoms with Gasteiger partial charge in [-0.25, -0.2) is 4.79 Å². The van der Waals surface area contributed by atoms with Crippen molar-refractivity contribution in [1.29, 1.82) is 0 Å². The van der Waals surface area contributed by atoms with Crippen LogP contribution in [0.15, 0.2) is 0 Å². The molecule has 0 aromatic heterocycles. The van der Waals surface area contributed by atoms with Crippen LogP contribution in [0.1, 0.15) is 81.1 Å². The molecule has 38 heavy (non-hydrogen) atoms. The van der Waals surface area contributed by atoms with Crippen LogP contribution in [0.2, 0.25) is 0 Å². The number of urea groups is 1. The first-order chi connectivity index (χ1) is 17.5. The summed E-state index contributed by atoms with van der Waals surface area (Å²) >= 11 is 0. The first-order valence-electron chi connectivity index (χ1n) is 14.0. The fourth-order valence-corrected chi connectivity index (χ4v) is 5.90. The molecular weight excluding hydrogens is 486 g/mol. The molecule has 0 aromatic rings. The summed E-state index contributed by atoms with van der Waals surface area (Å²) in [7, 11) is 0. The van der Waals surface area contributed by atoms with Crippen LogP contribution in [0.4, 0.5) is 4.79 Å². The van der Waals surface area contributed by atoms with Gasteiger partial charge in [0.05, 0.1) is 6.04 Å². The Kier molecular flexibility index (Phi) is 8.53. The van der Waals surface area contributed by atoms with Crippen LogP contribution in [0.25, 0.3) is 0 Å². The Bertz CT molecular complexity index is 967. The van der Waals surface area contributed by atoms with E-state index in [1.54, 1.807) is 4.90 Å². The zero-order valence-electron chi connectivity index (χ0n) is 24.2. The number of piperidine rings is 1. The third-order valence-corrected chi connectivity index (χ3v) is 9.18. The zero-order valence-corrected chi connectivity index (χ0v) is 24.2. The van der Waals surface area contributed by atoms with Crippen LogP contribution in [0, 0.1) is 34.5 Å². The molecule has 3 rings (SSSR count). The predicted octanol–water partition coefficient (Wildman–Crippen LogP) is 1.96. The highest BCUT2D eigenvalue weighted by atomic mass is 16.2. The van der Waals surface area contributed by atoms with E-state index in [0.29, 0.717) is 13.0 Å². The molecule has 10 heteroatoms. The molecule has 0 radical (unpaired) electrons. The number of hydrogen-bond acceptors (Lipinski definition) is 5. The molecule has 1 aliphatic heterocycles. The number of fused-ring (bicyclic) bond motifs is 1. The number of nitrogens with zero attached hydrogens (tertiary/aromatic N) is 1. The Labute approximate surface area is 226 Å². The number of Topliss-reactive ketones (excluding diaryl/α,β-unsaturated/α-hetero) is 1. The van der Waals surface area contributed by atoms with Crippen LogP contribution in [0.5, 0.6) is 0 Å². The van der Waals surface area contributed by atoms with Crippen molar-refractivity contribution in [2.24, 2.45) is 40.2 Å². The highest BCUT2D eigenvalue weighted by Gasteiger charge is 2.70. The van der Waals surface area contributed by atoms with Crippen molar-refractivity contribution >= 4 is 29.5 Å². The quantitative estimate of drug-likeness (QED) is 0.317. The van der Waals surface area contributed by atoms with Gasteiger partial charge in [0.1, 0.15) is 12.1 Å². The van der Waals surface area contributed by atoms with Crippen molar-refractivity contribution < 1.29 is 24.0 Å². The molecular formula is C28H47N5O5. The second-order valence-electron chi connectivity index (χ2n) is 13.7. The number of amides is 5. The standard InChI is InChI=1S/C28H47N5O5/c1-14(2)15(3)30-26(38)32-22(27(4,5)6)25(37)33-13-17-19(28(17,7)8)20(33)24(36)31-18(21(34)23(29)35)12-16-10-9-11-16/h14-20,22H,9-13H2,1-8H3,(H2,29,35)(H,31,36)(H2,30,32,38)/t15?,17-,18?,19-,20+,22-/m1/s1. The smallest absolute Gasteiger partial charge is 0.315 e. The van der Waals surface area contributed by atoms with Crippen molar-refractivity contribution in [2.75, 3.05) is 6.54 Å². The monoisotopic (exact) mass is 533 g/mol. The van der Waals surface area contributed by atoms with Crippen molar-refractivity contribution in [1.82, 2.24) is 20.9 Å². The summed E-state index contributed by atoms with van der Waals surface area (Å²) in [5.74, 6) is -2.11. The first kappa shape index (κ1) is 29.9. The lowest BCUT2D eigenvalue weighted by molar-refractivity contribution is -0.145. The lowest BCUT2D eigenvalue weighted by Crippen LogP contribution is -2.61. The van der Waals surface area contributed by atoms with Gasteiger partial charge in [-0.3, -0.25) is 19.2 Å². The van der Waals surface area contributed by atoms with Crippen molar-refractivity contribution in [3.8, 4) is 0 Å². The normalized spacial score (nSPS) is 26.4. The molecule has 0 spiro atoms.